The summed E-state index contributed by atoms with van der Waals surface area (Å²) < 4.78 is 5.63. The number of para-hydroxylation sites is 1. The summed E-state index contributed by atoms with van der Waals surface area (Å²) in [7, 11) is 0. The van der Waals surface area contributed by atoms with Gasteiger partial charge in [-0.2, -0.15) is 10.1 Å². The third kappa shape index (κ3) is 3.49. The van der Waals surface area contributed by atoms with Crippen molar-refractivity contribution in [2.45, 2.75) is 31.6 Å². The zero-order chi connectivity index (χ0) is 21.3. The van der Waals surface area contributed by atoms with Gasteiger partial charge in [0.1, 0.15) is 11.5 Å². The van der Waals surface area contributed by atoms with Crippen molar-refractivity contribution in [1.29, 1.82) is 0 Å². The van der Waals surface area contributed by atoms with Gasteiger partial charge in [0.2, 0.25) is 11.7 Å². The van der Waals surface area contributed by atoms with E-state index in [1.165, 1.54) is 0 Å². The Balaban J connectivity index is 1.17. The highest BCUT2D eigenvalue weighted by Gasteiger charge is 2.26. The summed E-state index contributed by atoms with van der Waals surface area (Å²) in [6, 6.07) is 12.4. The van der Waals surface area contributed by atoms with Crippen molar-refractivity contribution in [2.75, 3.05) is 18.0 Å². The van der Waals surface area contributed by atoms with Crippen LogP contribution < -0.4 is 4.90 Å². The van der Waals surface area contributed by atoms with Gasteiger partial charge in [0.15, 0.2) is 0 Å². The van der Waals surface area contributed by atoms with E-state index in [9.17, 15) is 0 Å². The average molecular weight is 425 g/mol. The van der Waals surface area contributed by atoms with Crippen molar-refractivity contribution in [3.8, 4) is 11.3 Å². The van der Waals surface area contributed by atoms with Gasteiger partial charge >= 0.3 is 0 Å². The molecule has 1 aromatic carbocycles. The number of hydrogen-bond acceptors (Lipinski definition) is 6. The molecule has 2 aliphatic rings. The number of pyridine rings is 1. The molecule has 4 aromatic rings. The summed E-state index contributed by atoms with van der Waals surface area (Å²) in [5, 5.41) is 13.0. The lowest BCUT2D eigenvalue weighted by atomic mass is 9.96. The molecule has 0 radical (unpaired) electrons. The number of benzene rings is 1. The summed E-state index contributed by atoms with van der Waals surface area (Å²) in [5.74, 6) is 2.74. The smallest absolute Gasteiger partial charge is 0.230 e. The minimum atomic E-state index is 0.291. The number of piperidine rings is 1. The van der Waals surface area contributed by atoms with Crippen LogP contribution in [0, 0.1) is 0 Å². The molecule has 6 rings (SSSR count). The van der Waals surface area contributed by atoms with Crippen molar-refractivity contribution in [3.05, 3.63) is 72.5 Å². The fourth-order valence-corrected chi connectivity index (χ4v) is 4.58. The summed E-state index contributed by atoms with van der Waals surface area (Å²) in [5.41, 5.74) is 4.14. The highest BCUT2D eigenvalue weighted by atomic mass is 16.5. The Kier molecular flexibility index (Phi) is 4.79. The Hall–Kier alpha value is -3.74. The lowest BCUT2D eigenvalue weighted by molar-refractivity contribution is 0.328. The van der Waals surface area contributed by atoms with Gasteiger partial charge in [-0.1, -0.05) is 41.6 Å². The second-order valence-electron chi connectivity index (χ2n) is 8.38. The van der Waals surface area contributed by atoms with Gasteiger partial charge in [0, 0.05) is 41.7 Å². The molecule has 1 saturated heterocycles. The second kappa shape index (κ2) is 8.07. The first kappa shape index (κ1) is 19.0. The molecule has 1 fully saturated rings. The fraction of sp³-hybridized carbons (Fsp3) is 0.280. The van der Waals surface area contributed by atoms with E-state index in [-0.39, 0.29) is 0 Å². The maximum absolute atomic E-state index is 5.63. The normalized spacial score (nSPS) is 17.1. The van der Waals surface area contributed by atoms with Crippen LogP contribution in [0.25, 0.3) is 27.7 Å². The first-order valence-corrected chi connectivity index (χ1v) is 11.2. The van der Waals surface area contributed by atoms with Crippen LogP contribution in [0.15, 0.2) is 65.3 Å². The number of nitrogens with zero attached hydrogens (tertiary/aromatic N) is 5. The summed E-state index contributed by atoms with van der Waals surface area (Å²) >= 11 is 0. The van der Waals surface area contributed by atoms with Crippen LogP contribution in [0.5, 0.6) is 0 Å². The number of hydrogen-bond donors (Lipinski definition) is 1. The Morgan fingerprint density at radius 2 is 1.97 bits per heavy atom. The topological polar surface area (TPSA) is 83.7 Å². The minimum absolute atomic E-state index is 0.291. The lowest BCUT2D eigenvalue weighted by Gasteiger charge is -2.31. The third-order valence-corrected chi connectivity index (χ3v) is 6.35. The van der Waals surface area contributed by atoms with Crippen molar-refractivity contribution in [1.82, 2.24) is 25.3 Å². The molecule has 7 nitrogen and oxygen atoms in total. The van der Waals surface area contributed by atoms with Crippen molar-refractivity contribution >= 4 is 22.3 Å². The summed E-state index contributed by atoms with van der Waals surface area (Å²) in [4.78, 5) is 11.7. The van der Waals surface area contributed by atoms with Gasteiger partial charge in [-0.05, 0) is 43.9 Å². The molecule has 1 aliphatic heterocycles. The van der Waals surface area contributed by atoms with E-state index in [1.807, 2.05) is 30.5 Å². The molecule has 160 valence electrons. The monoisotopic (exact) mass is 424 g/mol. The molecule has 32 heavy (non-hydrogen) atoms. The van der Waals surface area contributed by atoms with E-state index >= 15 is 0 Å². The molecule has 0 saturated carbocycles. The number of anilines is 1. The highest BCUT2D eigenvalue weighted by molar-refractivity contribution is 5.93. The molecule has 1 aliphatic carbocycles. The SMILES string of the molecule is C1=CC(c2noc(C3CCN(c4cc(-c5n[nH]c6ccccc56)ccn4)CC3)n2)=CCC1. The predicted molar refractivity (Wildman–Crippen MR) is 124 cm³/mol. The van der Waals surface area contributed by atoms with Crippen LogP contribution in [-0.2, 0) is 0 Å². The van der Waals surface area contributed by atoms with Gasteiger partial charge in [-0.25, -0.2) is 4.98 Å². The molecule has 0 atom stereocenters. The number of fused-ring (bicyclic) bond motifs is 1. The first-order chi connectivity index (χ1) is 15.8. The second-order valence-corrected chi connectivity index (χ2v) is 8.38. The van der Waals surface area contributed by atoms with Crippen LogP contribution in [-0.4, -0.2) is 38.4 Å². The zero-order valence-electron chi connectivity index (χ0n) is 17.7. The molecule has 0 bridgehead atoms. The van der Waals surface area contributed by atoms with Gasteiger partial charge in [-0.3, -0.25) is 5.10 Å². The standard InChI is InChI=1S/C25H24N6O/c1-2-6-17(7-3-1)24-27-25(32-30-24)18-11-14-31(15-12-18)22-16-19(10-13-26-22)23-20-8-4-5-9-21(20)28-29-23/h2,4-10,13,16,18H,1,3,11-12,14-15H2,(H,28,29). The Morgan fingerprint density at radius 1 is 1.06 bits per heavy atom. The molecule has 0 spiro atoms. The average Bonchev–Trinajstić information content (AvgIpc) is 3.53. The van der Waals surface area contributed by atoms with Crippen molar-refractivity contribution in [2.24, 2.45) is 0 Å². The number of aromatic nitrogens is 5. The zero-order valence-corrected chi connectivity index (χ0v) is 17.7. The van der Waals surface area contributed by atoms with Gasteiger partial charge in [0.05, 0.1) is 5.52 Å². The van der Waals surface area contributed by atoms with Crippen LogP contribution in [0.3, 0.4) is 0 Å². The van der Waals surface area contributed by atoms with Crippen LogP contribution in [0.1, 0.15) is 43.3 Å². The van der Waals surface area contributed by atoms with Gasteiger partial charge in [0.25, 0.3) is 0 Å². The quantitative estimate of drug-likeness (QED) is 0.489. The van der Waals surface area contributed by atoms with E-state index in [1.54, 1.807) is 0 Å². The highest BCUT2D eigenvalue weighted by Crippen LogP contribution is 2.32. The Bertz CT molecular complexity index is 1310. The maximum atomic E-state index is 5.63. The first-order valence-electron chi connectivity index (χ1n) is 11.2. The van der Waals surface area contributed by atoms with E-state index in [2.05, 4.69) is 60.6 Å². The maximum Gasteiger partial charge on any atom is 0.230 e. The summed E-state index contributed by atoms with van der Waals surface area (Å²) in [6.07, 6.45) is 12.3. The molecular weight excluding hydrogens is 400 g/mol. The molecular formula is C25H24N6O. The number of allylic oxidation sites excluding steroid dienone is 4. The van der Waals surface area contributed by atoms with Gasteiger partial charge < -0.3 is 9.42 Å². The van der Waals surface area contributed by atoms with Gasteiger partial charge in [-0.15, -0.1) is 0 Å². The minimum Gasteiger partial charge on any atom is -0.357 e. The van der Waals surface area contributed by atoms with Crippen LogP contribution >= 0.6 is 0 Å². The van der Waals surface area contributed by atoms with Crippen LogP contribution in [0.4, 0.5) is 5.82 Å². The molecule has 3 aromatic heterocycles. The summed E-state index contributed by atoms with van der Waals surface area (Å²) in [6.45, 7) is 1.81. The lowest BCUT2D eigenvalue weighted by Crippen LogP contribution is -2.33. The fourth-order valence-electron chi connectivity index (χ4n) is 4.58. The van der Waals surface area contributed by atoms with Crippen molar-refractivity contribution < 1.29 is 4.52 Å². The van der Waals surface area contributed by atoms with E-state index in [0.717, 1.165) is 78.2 Å². The Labute approximate surface area is 185 Å². The molecule has 4 heterocycles. The van der Waals surface area contributed by atoms with E-state index < -0.39 is 0 Å². The van der Waals surface area contributed by atoms with Crippen LogP contribution in [0.2, 0.25) is 0 Å². The molecule has 1 N–H and O–H groups in total. The van der Waals surface area contributed by atoms with E-state index in [4.69, 9.17) is 4.52 Å². The molecule has 7 heteroatoms. The predicted octanol–water partition coefficient (Wildman–Crippen LogP) is 5.13. The number of H-pyrrole nitrogens is 1. The van der Waals surface area contributed by atoms with Crippen molar-refractivity contribution in [3.63, 3.8) is 0 Å². The third-order valence-electron chi connectivity index (χ3n) is 6.35. The van der Waals surface area contributed by atoms with E-state index in [0.29, 0.717) is 11.7 Å². The number of nitrogens with one attached hydrogen (secondary N) is 1. The largest absolute Gasteiger partial charge is 0.357 e. The Morgan fingerprint density at radius 3 is 2.84 bits per heavy atom. The molecule has 0 amide bonds. The molecule has 0 unspecified atom stereocenters. The number of rotatable bonds is 4. The number of aromatic amines is 1.